The molecule has 2 unspecified atom stereocenters. The third kappa shape index (κ3) is 3.10. The maximum absolute atomic E-state index is 6.39. The van der Waals surface area contributed by atoms with Crippen LogP contribution in [0.25, 0.3) is 0 Å². The summed E-state index contributed by atoms with van der Waals surface area (Å²) in [6.07, 6.45) is 3.82. The van der Waals surface area contributed by atoms with E-state index in [-0.39, 0.29) is 6.04 Å². The minimum atomic E-state index is 0.0777. The fourth-order valence-corrected chi connectivity index (χ4v) is 2.81. The molecule has 0 spiro atoms. The smallest absolute Gasteiger partial charge is 0.122 e. The van der Waals surface area contributed by atoms with Gasteiger partial charge in [-0.25, -0.2) is 0 Å². The molecule has 4 nitrogen and oxygen atoms in total. The molecule has 112 valence electrons. The third-order valence-corrected chi connectivity index (χ3v) is 4.15. The van der Waals surface area contributed by atoms with Gasteiger partial charge >= 0.3 is 0 Å². The molecule has 1 aromatic heterocycles. The van der Waals surface area contributed by atoms with Gasteiger partial charge in [0.25, 0.3) is 0 Å². The fourth-order valence-electron chi connectivity index (χ4n) is 2.81. The summed E-state index contributed by atoms with van der Waals surface area (Å²) in [5, 5.41) is 4.58. The predicted molar refractivity (Wildman–Crippen MR) is 83.4 cm³/mol. The lowest BCUT2D eigenvalue weighted by atomic mass is 9.88. The van der Waals surface area contributed by atoms with E-state index in [9.17, 15) is 0 Å². The predicted octanol–water partition coefficient (Wildman–Crippen LogP) is 2.59. The first kappa shape index (κ1) is 14.1. The van der Waals surface area contributed by atoms with E-state index >= 15 is 0 Å². The summed E-state index contributed by atoms with van der Waals surface area (Å²) in [4.78, 5) is 0. The topological polar surface area (TPSA) is 53.1 Å². The van der Waals surface area contributed by atoms with E-state index in [0.29, 0.717) is 18.6 Å². The first-order valence-corrected chi connectivity index (χ1v) is 7.64. The maximum Gasteiger partial charge on any atom is 0.122 e. The average molecular weight is 285 g/mol. The van der Waals surface area contributed by atoms with Crippen LogP contribution in [0.5, 0.6) is 5.75 Å². The summed E-state index contributed by atoms with van der Waals surface area (Å²) in [7, 11) is 0. The van der Waals surface area contributed by atoms with E-state index in [2.05, 4.69) is 37.1 Å². The summed E-state index contributed by atoms with van der Waals surface area (Å²) in [6, 6.07) is 10.8. The Morgan fingerprint density at radius 3 is 2.90 bits per heavy atom. The van der Waals surface area contributed by atoms with Crippen molar-refractivity contribution >= 4 is 0 Å². The van der Waals surface area contributed by atoms with Gasteiger partial charge in [-0.1, -0.05) is 18.2 Å². The molecule has 0 radical (unpaired) electrons. The molecule has 1 aromatic carbocycles. The van der Waals surface area contributed by atoms with Crippen LogP contribution in [-0.2, 0) is 12.8 Å². The van der Waals surface area contributed by atoms with Gasteiger partial charge in [-0.2, -0.15) is 5.10 Å². The molecule has 0 aliphatic carbocycles. The fraction of sp³-hybridized carbons (Fsp3) is 0.471. The van der Waals surface area contributed by atoms with Gasteiger partial charge in [0.1, 0.15) is 5.75 Å². The Labute approximate surface area is 125 Å². The zero-order valence-corrected chi connectivity index (χ0v) is 12.7. The number of benzene rings is 1. The SMILES string of the molecule is CC(C)n1ccc(CC(N)C2COc3ccccc3C2)n1. The normalized spacial score (nSPS) is 19.1. The highest BCUT2D eigenvalue weighted by Crippen LogP contribution is 2.28. The third-order valence-electron chi connectivity index (χ3n) is 4.15. The number of rotatable bonds is 4. The van der Waals surface area contributed by atoms with Crippen molar-refractivity contribution in [2.45, 2.75) is 38.8 Å². The Balaban J connectivity index is 1.65. The Morgan fingerprint density at radius 1 is 1.33 bits per heavy atom. The van der Waals surface area contributed by atoms with E-state index in [1.165, 1.54) is 5.56 Å². The molecule has 0 bridgehead atoms. The standard InChI is InChI=1S/C17H23N3O/c1-12(2)20-8-7-15(19-20)10-16(18)14-9-13-5-3-4-6-17(13)21-11-14/h3-8,12,14,16H,9-11,18H2,1-2H3. The van der Waals surface area contributed by atoms with Crippen molar-refractivity contribution in [2.24, 2.45) is 11.7 Å². The molecule has 1 aliphatic rings. The second-order valence-electron chi connectivity index (χ2n) is 6.13. The van der Waals surface area contributed by atoms with Gasteiger partial charge in [-0.05, 0) is 38.0 Å². The van der Waals surface area contributed by atoms with E-state index in [4.69, 9.17) is 10.5 Å². The molecule has 3 rings (SSSR count). The highest BCUT2D eigenvalue weighted by molar-refractivity contribution is 5.35. The summed E-state index contributed by atoms with van der Waals surface area (Å²) in [5.74, 6) is 1.36. The molecule has 0 saturated carbocycles. The van der Waals surface area contributed by atoms with Gasteiger partial charge in [-0.3, -0.25) is 4.68 Å². The quantitative estimate of drug-likeness (QED) is 0.939. The van der Waals surface area contributed by atoms with E-state index in [1.54, 1.807) is 0 Å². The van der Waals surface area contributed by atoms with Crippen molar-refractivity contribution in [3.63, 3.8) is 0 Å². The number of hydrogen-bond acceptors (Lipinski definition) is 3. The Kier molecular flexibility index (Phi) is 3.97. The van der Waals surface area contributed by atoms with E-state index in [0.717, 1.165) is 24.3 Å². The summed E-state index contributed by atoms with van der Waals surface area (Å²) in [6.45, 7) is 4.95. The zero-order valence-electron chi connectivity index (χ0n) is 12.7. The lowest BCUT2D eigenvalue weighted by molar-refractivity contribution is 0.198. The van der Waals surface area contributed by atoms with Crippen LogP contribution in [0.4, 0.5) is 0 Å². The van der Waals surface area contributed by atoms with Crippen LogP contribution in [0.3, 0.4) is 0 Å². The molecule has 2 aromatic rings. The van der Waals surface area contributed by atoms with Gasteiger partial charge in [0.2, 0.25) is 0 Å². The summed E-state index contributed by atoms with van der Waals surface area (Å²) >= 11 is 0. The van der Waals surface area contributed by atoms with Crippen LogP contribution in [0.2, 0.25) is 0 Å². The number of hydrogen-bond donors (Lipinski definition) is 1. The molecule has 21 heavy (non-hydrogen) atoms. The van der Waals surface area contributed by atoms with Crippen LogP contribution >= 0.6 is 0 Å². The number of fused-ring (bicyclic) bond motifs is 1. The highest BCUT2D eigenvalue weighted by Gasteiger charge is 2.25. The van der Waals surface area contributed by atoms with Crippen LogP contribution in [0.1, 0.15) is 31.1 Å². The minimum absolute atomic E-state index is 0.0777. The van der Waals surface area contributed by atoms with Crippen molar-refractivity contribution in [2.75, 3.05) is 6.61 Å². The number of nitrogens with two attached hydrogens (primary N) is 1. The van der Waals surface area contributed by atoms with Crippen LogP contribution < -0.4 is 10.5 Å². The maximum atomic E-state index is 6.39. The zero-order chi connectivity index (χ0) is 14.8. The van der Waals surface area contributed by atoms with E-state index in [1.807, 2.05) is 23.0 Å². The van der Waals surface area contributed by atoms with Crippen molar-refractivity contribution in [1.29, 1.82) is 0 Å². The minimum Gasteiger partial charge on any atom is -0.493 e. The molecule has 2 atom stereocenters. The summed E-state index contributed by atoms with van der Waals surface area (Å²) in [5.41, 5.74) is 8.72. The van der Waals surface area contributed by atoms with E-state index < -0.39 is 0 Å². The lowest BCUT2D eigenvalue weighted by Gasteiger charge is -2.29. The van der Waals surface area contributed by atoms with Gasteiger partial charge in [0.15, 0.2) is 0 Å². The number of ether oxygens (including phenoxy) is 1. The monoisotopic (exact) mass is 285 g/mol. The highest BCUT2D eigenvalue weighted by atomic mass is 16.5. The molecule has 4 heteroatoms. The molecule has 0 amide bonds. The van der Waals surface area contributed by atoms with Crippen LogP contribution in [-0.4, -0.2) is 22.4 Å². The second kappa shape index (κ2) is 5.90. The first-order valence-electron chi connectivity index (χ1n) is 7.64. The first-order chi connectivity index (χ1) is 10.1. The lowest BCUT2D eigenvalue weighted by Crippen LogP contribution is -2.39. The molecule has 2 heterocycles. The molecular formula is C17H23N3O. The van der Waals surface area contributed by atoms with Gasteiger partial charge in [0.05, 0.1) is 12.3 Å². The number of aromatic nitrogens is 2. The molecule has 1 aliphatic heterocycles. The Bertz CT molecular complexity index is 606. The molecule has 0 saturated heterocycles. The second-order valence-corrected chi connectivity index (χ2v) is 6.13. The number of nitrogens with zero attached hydrogens (tertiary/aromatic N) is 2. The largest absolute Gasteiger partial charge is 0.493 e. The molecule has 0 fully saturated rings. The molecular weight excluding hydrogens is 262 g/mol. The molecule has 2 N–H and O–H groups in total. The Hall–Kier alpha value is -1.81. The van der Waals surface area contributed by atoms with Gasteiger partial charge in [-0.15, -0.1) is 0 Å². The van der Waals surface area contributed by atoms with Gasteiger partial charge < -0.3 is 10.5 Å². The van der Waals surface area contributed by atoms with Crippen LogP contribution in [0, 0.1) is 5.92 Å². The van der Waals surface area contributed by atoms with Crippen molar-refractivity contribution in [1.82, 2.24) is 9.78 Å². The average Bonchev–Trinajstić information content (AvgIpc) is 2.95. The van der Waals surface area contributed by atoms with Crippen molar-refractivity contribution in [3.05, 3.63) is 47.8 Å². The van der Waals surface area contributed by atoms with Crippen molar-refractivity contribution < 1.29 is 4.74 Å². The number of para-hydroxylation sites is 1. The van der Waals surface area contributed by atoms with Gasteiger partial charge in [0, 0.05) is 30.6 Å². The Morgan fingerprint density at radius 2 is 2.14 bits per heavy atom. The van der Waals surface area contributed by atoms with Crippen LogP contribution in [0.15, 0.2) is 36.5 Å². The summed E-state index contributed by atoms with van der Waals surface area (Å²) < 4.78 is 7.81. The van der Waals surface area contributed by atoms with Crippen molar-refractivity contribution in [3.8, 4) is 5.75 Å².